The molecule has 142 valence electrons. The first-order chi connectivity index (χ1) is 12.3. The minimum absolute atomic E-state index is 0.184. The molecule has 1 fully saturated rings. The highest BCUT2D eigenvalue weighted by atomic mass is 16.2. The lowest BCUT2D eigenvalue weighted by molar-refractivity contribution is -0.129. The Morgan fingerprint density at radius 1 is 1.08 bits per heavy atom. The van der Waals surface area contributed by atoms with Crippen molar-refractivity contribution in [2.24, 2.45) is 16.4 Å². The minimum Gasteiger partial charge on any atom is -0.355 e. The van der Waals surface area contributed by atoms with E-state index in [2.05, 4.69) is 36.6 Å². The maximum Gasteiger partial charge on any atom is 0.249 e. The van der Waals surface area contributed by atoms with Gasteiger partial charge in [-0.2, -0.15) is 5.10 Å². The lowest BCUT2D eigenvalue weighted by Crippen LogP contribution is -2.32. The standard InChI is InChI=1S/C21H31N3O2/c1-21(2,3)17-9-11-18(12-10-17)23-24-20(26)15-19(25)22-14-13-16-7-5-4-6-8-16/h4-8,17H,9-15H2,1-3H3,(H,22,25)(H,24,26). The van der Waals surface area contributed by atoms with E-state index in [0.29, 0.717) is 17.9 Å². The van der Waals surface area contributed by atoms with E-state index in [9.17, 15) is 9.59 Å². The summed E-state index contributed by atoms with van der Waals surface area (Å²) in [5.74, 6) is 0.0790. The smallest absolute Gasteiger partial charge is 0.249 e. The van der Waals surface area contributed by atoms with Crippen molar-refractivity contribution in [3.8, 4) is 0 Å². The first kappa shape index (κ1) is 20.1. The Kier molecular flexibility index (Phi) is 7.37. The monoisotopic (exact) mass is 357 g/mol. The van der Waals surface area contributed by atoms with Crippen LogP contribution in [0.25, 0.3) is 0 Å². The molecule has 0 saturated heterocycles. The van der Waals surface area contributed by atoms with Crippen molar-refractivity contribution in [1.82, 2.24) is 10.7 Å². The number of amides is 2. The number of benzene rings is 1. The molecule has 0 spiro atoms. The molecule has 2 rings (SSSR count). The van der Waals surface area contributed by atoms with Gasteiger partial charge in [0.05, 0.1) is 0 Å². The van der Waals surface area contributed by atoms with E-state index < -0.39 is 0 Å². The van der Waals surface area contributed by atoms with Crippen molar-refractivity contribution in [2.75, 3.05) is 6.54 Å². The van der Waals surface area contributed by atoms with Crippen LogP contribution in [0.3, 0.4) is 0 Å². The molecule has 1 saturated carbocycles. The Bertz CT molecular complexity index is 622. The highest BCUT2D eigenvalue weighted by Crippen LogP contribution is 2.36. The predicted octanol–water partition coefficient (Wildman–Crippen LogP) is 3.44. The molecule has 1 aromatic carbocycles. The van der Waals surface area contributed by atoms with Crippen LogP contribution in [0.1, 0.15) is 58.4 Å². The van der Waals surface area contributed by atoms with Gasteiger partial charge in [0, 0.05) is 12.3 Å². The van der Waals surface area contributed by atoms with Crippen molar-refractivity contribution >= 4 is 17.5 Å². The fourth-order valence-corrected chi connectivity index (χ4v) is 3.31. The average molecular weight is 357 g/mol. The van der Waals surface area contributed by atoms with Crippen LogP contribution in [0.4, 0.5) is 0 Å². The van der Waals surface area contributed by atoms with E-state index in [0.717, 1.165) is 43.4 Å². The lowest BCUT2D eigenvalue weighted by Gasteiger charge is -2.34. The van der Waals surface area contributed by atoms with Gasteiger partial charge in [0.2, 0.25) is 11.8 Å². The molecule has 0 bridgehead atoms. The second kappa shape index (κ2) is 9.51. The van der Waals surface area contributed by atoms with Crippen molar-refractivity contribution in [2.45, 2.75) is 59.3 Å². The molecule has 5 nitrogen and oxygen atoms in total. The summed E-state index contributed by atoms with van der Waals surface area (Å²) in [5, 5.41) is 6.99. The van der Waals surface area contributed by atoms with Crippen LogP contribution in [0, 0.1) is 11.3 Å². The van der Waals surface area contributed by atoms with Crippen LogP contribution in [0.15, 0.2) is 35.4 Å². The van der Waals surface area contributed by atoms with Crippen molar-refractivity contribution in [3.63, 3.8) is 0 Å². The second-order valence-corrected chi connectivity index (χ2v) is 8.12. The van der Waals surface area contributed by atoms with Crippen LogP contribution in [0.5, 0.6) is 0 Å². The molecule has 0 unspecified atom stereocenters. The Morgan fingerprint density at radius 3 is 2.35 bits per heavy atom. The molecule has 5 heteroatoms. The molecular formula is C21H31N3O2. The summed E-state index contributed by atoms with van der Waals surface area (Å²) in [7, 11) is 0. The van der Waals surface area contributed by atoms with Crippen molar-refractivity contribution < 1.29 is 9.59 Å². The lowest BCUT2D eigenvalue weighted by atomic mass is 9.72. The van der Waals surface area contributed by atoms with Gasteiger partial charge >= 0.3 is 0 Å². The van der Waals surface area contributed by atoms with E-state index in [1.807, 2.05) is 30.3 Å². The largest absolute Gasteiger partial charge is 0.355 e. The number of carbonyl (C=O) groups is 2. The van der Waals surface area contributed by atoms with E-state index in [4.69, 9.17) is 0 Å². The summed E-state index contributed by atoms with van der Waals surface area (Å²) in [5.41, 5.74) is 5.05. The predicted molar refractivity (Wildman–Crippen MR) is 105 cm³/mol. The first-order valence-corrected chi connectivity index (χ1v) is 9.49. The summed E-state index contributed by atoms with van der Waals surface area (Å²) < 4.78 is 0. The second-order valence-electron chi connectivity index (χ2n) is 8.12. The maximum absolute atomic E-state index is 11.9. The summed E-state index contributed by atoms with van der Waals surface area (Å²) in [6.45, 7) is 7.35. The van der Waals surface area contributed by atoms with Gasteiger partial charge in [-0.15, -0.1) is 0 Å². The third-order valence-corrected chi connectivity index (χ3v) is 5.03. The van der Waals surface area contributed by atoms with Gasteiger partial charge in [0.25, 0.3) is 0 Å². The number of carbonyl (C=O) groups excluding carboxylic acids is 2. The molecule has 2 amide bonds. The summed E-state index contributed by atoms with van der Waals surface area (Å²) in [6, 6.07) is 9.94. The van der Waals surface area contributed by atoms with Crippen molar-refractivity contribution in [1.29, 1.82) is 0 Å². The van der Waals surface area contributed by atoms with Crippen LogP contribution in [0.2, 0.25) is 0 Å². The Morgan fingerprint density at radius 2 is 1.73 bits per heavy atom. The van der Waals surface area contributed by atoms with Gasteiger partial charge in [-0.25, -0.2) is 5.43 Å². The minimum atomic E-state index is -0.354. The normalized spacial score (nSPS) is 17.5. The molecule has 1 aromatic rings. The fraction of sp³-hybridized carbons (Fsp3) is 0.571. The molecule has 26 heavy (non-hydrogen) atoms. The number of rotatable bonds is 6. The van der Waals surface area contributed by atoms with E-state index in [1.165, 1.54) is 0 Å². The van der Waals surface area contributed by atoms with Crippen LogP contribution in [-0.4, -0.2) is 24.1 Å². The number of nitrogens with one attached hydrogen (secondary N) is 2. The Labute approximate surface area is 156 Å². The number of nitrogens with zero attached hydrogens (tertiary/aromatic N) is 1. The van der Waals surface area contributed by atoms with Crippen molar-refractivity contribution in [3.05, 3.63) is 35.9 Å². The number of hydrogen-bond donors (Lipinski definition) is 2. The third-order valence-electron chi connectivity index (χ3n) is 5.03. The molecule has 0 heterocycles. The molecule has 0 aromatic heterocycles. The van der Waals surface area contributed by atoms with Crippen LogP contribution < -0.4 is 10.7 Å². The number of hydrazone groups is 1. The van der Waals surface area contributed by atoms with Gasteiger partial charge < -0.3 is 5.32 Å². The molecule has 0 aliphatic heterocycles. The molecule has 1 aliphatic rings. The van der Waals surface area contributed by atoms with E-state index in [-0.39, 0.29) is 18.2 Å². The topological polar surface area (TPSA) is 70.6 Å². The third kappa shape index (κ3) is 6.98. The fourth-order valence-electron chi connectivity index (χ4n) is 3.31. The van der Waals surface area contributed by atoms with Crippen LogP contribution in [-0.2, 0) is 16.0 Å². The average Bonchev–Trinajstić information content (AvgIpc) is 2.60. The van der Waals surface area contributed by atoms with E-state index >= 15 is 0 Å². The van der Waals surface area contributed by atoms with Gasteiger partial charge in [-0.1, -0.05) is 51.1 Å². The molecular weight excluding hydrogens is 326 g/mol. The highest BCUT2D eigenvalue weighted by molar-refractivity contribution is 5.97. The van der Waals surface area contributed by atoms with Gasteiger partial charge in [0.1, 0.15) is 6.42 Å². The zero-order valence-electron chi connectivity index (χ0n) is 16.2. The zero-order valence-corrected chi connectivity index (χ0v) is 16.2. The molecule has 0 atom stereocenters. The molecule has 0 radical (unpaired) electrons. The van der Waals surface area contributed by atoms with Gasteiger partial charge in [-0.3, -0.25) is 9.59 Å². The highest BCUT2D eigenvalue weighted by Gasteiger charge is 2.28. The zero-order chi connectivity index (χ0) is 19.0. The maximum atomic E-state index is 11.9. The summed E-state index contributed by atoms with van der Waals surface area (Å²) >= 11 is 0. The number of hydrogen-bond acceptors (Lipinski definition) is 3. The molecule has 1 aliphatic carbocycles. The van der Waals surface area contributed by atoms with Gasteiger partial charge in [-0.05, 0) is 49.0 Å². The Balaban J connectivity index is 1.64. The molecule has 2 N–H and O–H groups in total. The van der Waals surface area contributed by atoms with Gasteiger partial charge in [0.15, 0.2) is 0 Å². The SMILES string of the molecule is CC(C)(C)C1CCC(=NNC(=O)CC(=O)NCCc2ccccc2)CC1. The van der Waals surface area contributed by atoms with E-state index in [1.54, 1.807) is 0 Å². The summed E-state index contributed by atoms with van der Waals surface area (Å²) in [4.78, 5) is 23.7. The first-order valence-electron chi connectivity index (χ1n) is 9.49. The van der Waals surface area contributed by atoms with Crippen LogP contribution >= 0.6 is 0 Å². The quantitative estimate of drug-likeness (QED) is 0.605. The Hall–Kier alpha value is -2.17. The summed E-state index contributed by atoms with van der Waals surface area (Å²) in [6.07, 6.45) is 4.63.